The number of amides is 1. The third-order valence-corrected chi connectivity index (χ3v) is 3.81. The number of hydrogen-bond acceptors (Lipinski definition) is 4. The molecule has 0 radical (unpaired) electrons. The molecule has 0 aliphatic heterocycles. The lowest BCUT2D eigenvalue weighted by Gasteiger charge is -2.19. The smallest absolute Gasteiger partial charge is 0.308 e. The van der Waals surface area contributed by atoms with Crippen molar-refractivity contribution in [1.29, 1.82) is 0 Å². The Morgan fingerprint density at radius 1 is 1.04 bits per heavy atom. The summed E-state index contributed by atoms with van der Waals surface area (Å²) < 4.78 is 10.2. The van der Waals surface area contributed by atoms with Crippen LogP contribution in [0.3, 0.4) is 0 Å². The molecule has 25 heavy (non-hydrogen) atoms. The molecule has 0 aliphatic rings. The van der Waals surface area contributed by atoms with Crippen molar-refractivity contribution in [3.8, 4) is 5.75 Å². The number of carbonyl (C=O) groups excluding carboxylic acids is 2. The third-order valence-electron chi connectivity index (χ3n) is 3.81. The molecule has 132 valence electrons. The molecule has 2 rings (SSSR count). The van der Waals surface area contributed by atoms with Crippen molar-refractivity contribution in [2.75, 3.05) is 13.7 Å². The second kappa shape index (κ2) is 8.87. The monoisotopic (exact) mass is 341 g/mol. The van der Waals surface area contributed by atoms with E-state index in [-0.39, 0.29) is 18.3 Å². The lowest BCUT2D eigenvalue weighted by molar-refractivity contribution is -0.143. The van der Waals surface area contributed by atoms with Crippen molar-refractivity contribution in [3.05, 3.63) is 65.2 Å². The summed E-state index contributed by atoms with van der Waals surface area (Å²) in [6, 6.07) is 14.1. The number of ether oxygens (including phenoxy) is 2. The van der Waals surface area contributed by atoms with Gasteiger partial charge in [-0.2, -0.15) is 0 Å². The minimum atomic E-state index is -0.473. The average molecular weight is 341 g/mol. The summed E-state index contributed by atoms with van der Waals surface area (Å²) in [7, 11) is 1.59. The lowest BCUT2D eigenvalue weighted by atomic mass is 10.0. The SMILES string of the molecule is CCOC(=O)C[C@H](NC(=O)c1ccc(C)cc1)c1ccc(OC)cc1. The molecule has 0 saturated carbocycles. The second-order valence-electron chi connectivity index (χ2n) is 5.67. The van der Waals surface area contributed by atoms with E-state index in [9.17, 15) is 9.59 Å². The molecule has 1 amide bonds. The fraction of sp³-hybridized carbons (Fsp3) is 0.300. The van der Waals surface area contributed by atoms with Crippen molar-refractivity contribution >= 4 is 11.9 Å². The number of rotatable bonds is 7. The standard InChI is InChI=1S/C20H23NO4/c1-4-25-19(22)13-18(15-9-11-17(24-3)12-10-15)21-20(23)16-7-5-14(2)6-8-16/h5-12,18H,4,13H2,1-3H3,(H,21,23)/t18-/m0/s1. The van der Waals surface area contributed by atoms with E-state index in [1.807, 2.05) is 31.2 Å². The van der Waals surface area contributed by atoms with Crippen LogP contribution in [0.25, 0.3) is 0 Å². The number of benzene rings is 2. The van der Waals surface area contributed by atoms with Crippen molar-refractivity contribution in [2.45, 2.75) is 26.3 Å². The van der Waals surface area contributed by atoms with Gasteiger partial charge in [0.1, 0.15) is 5.75 Å². The Balaban J connectivity index is 2.19. The quantitative estimate of drug-likeness (QED) is 0.784. The predicted octanol–water partition coefficient (Wildman–Crippen LogP) is 3.43. The molecule has 5 nitrogen and oxygen atoms in total. The first-order chi connectivity index (χ1) is 12.0. The molecule has 1 atom stereocenters. The molecule has 0 heterocycles. The zero-order chi connectivity index (χ0) is 18.2. The minimum absolute atomic E-state index is 0.0672. The van der Waals surface area contributed by atoms with Gasteiger partial charge in [0.05, 0.1) is 26.2 Å². The van der Waals surface area contributed by atoms with Crippen LogP contribution in [-0.2, 0) is 9.53 Å². The maximum atomic E-state index is 12.5. The predicted molar refractivity (Wildman–Crippen MR) is 95.6 cm³/mol. The summed E-state index contributed by atoms with van der Waals surface area (Å²) in [5.74, 6) is 0.126. The van der Waals surface area contributed by atoms with Gasteiger partial charge >= 0.3 is 5.97 Å². The Bertz CT molecular complexity index is 707. The fourth-order valence-corrected chi connectivity index (χ4v) is 2.42. The molecule has 0 aliphatic carbocycles. The van der Waals surface area contributed by atoms with Crippen molar-refractivity contribution < 1.29 is 19.1 Å². The van der Waals surface area contributed by atoms with E-state index in [1.54, 1.807) is 38.3 Å². The van der Waals surface area contributed by atoms with E-state index < -0.39 is 6.04 Å². The van der Waals surface area contributed by atoms with Gasteiger partial charge in [0.25, 0.3) is 5.91 Å². The van der Waals surface area contributed by atoms with E-state index >= 15 is 0 Å². The lowest BCUT2D eigenvalue weighted by Crippen LogP contribution is -2.30. The average Bonchev–Trinajstić information content (AvgIpc) is 2.62. The zero-order valence-electron chi connectivity index (χ0n) is 14.7. The normalized spacial score (nSPS) is 11.5. The van der Waals surface area contributed by atoms with Crippen LogP contribution in [0.15, 0.2) is 48.5 Å². The van der Waals surface area contributed by atoms with Gasteiger partial charge in [-0.15, -0.1) is 0 Å². The Morgan fingerprint density at radius 3 is 2.24 bits per heavy atom. The van der Waals surface area contributed by atoms with Gasteiger partial charge in [-0.05, 0) is 43.7 Å². The van der Waals surface area contributed by atoms with E-state index in [4.69, 9.17) is 9.47 Å². The first kappa shape index (κ1) is 18.5. The third kappa shape index (κ3) is 5.35. The van der Waals surface area contributed by atoms with E-state index in [1.165, 1.54) is 0 Å². The number of carbonyl (C=O) groups is 2. The summed E-state index contributed by atoms with van der Waals surface area (Å²) in [4.78, 5) is 24.4. The van der Waals surface area contributed by atoms with Gasteiger partial charge in [0, 0.05) is 5.56 Å². The van der Waals surface area contributed by atoms with Gasteiger partial charge < -0.3 is 14.8 Å². The molecular weight excluding hydrogens is 318 g/mol. The molecule has 2 aromatic rings. The summed E-state index contributed by atoms with van der Waals surface area (Å²) >= 11 is 0. The van der Waals surface area contributed by atoms with Crippen LogP contribution >= 0.6 is 0 Å². The maximum absolute atomic E-state index is 12.5. The van der Waals surface area contributed by atoms with Gasteiger partial charge in [-0.3, -0.25) is 9.59 Å². The summed E-state index contributed by atoms with van der Waals surface area (Å²) in [6.45, 7) is 4.02. The van der Waals surface area contributed by atoms with Crippen LogP contribution in [0.1, 0.15) is 40.9 Å². The van der Waals surface area contributed by atoms with Crippen molar-refractivity contribution in [2.24, 2.45) is 0 Å². The summed E-state index contributed by atoms with van der Waals surface area (Å²) in [6.07, 6.45) is 0.0672. The highest BCUT2D eigenvalue weighted by molar-refractivity contribution is 5.94. The summed E-state index contributed by atoms with van der Waals surface area (Å²) in [5, 5.41) is 2.92. The van der Waals surface area contributed by atoms with Gasteiger partial charge in [0.15, 0.2) is 0 Å². The molecule has 2 aromatic carbocycles. The molecule has 0 spiro atoms. The van der Waals surface area contributed by atoms with Crippen LogP contribution < -0.4 is 10.1 Å². The second-order valence-corrected chi connectivity index (χ2v) is 5.67. The van der Waals surface area contributed by atoms with Crippen LogP contribution in [0, 0.1) is 6.92 Å². The topological polar surface area (TPSA) is 64.6 Å². The Labute approximate surface area is 148 Å². The minimum Gasteiger partial charge on any atom is -0.497 e. The first-order valence-electron chi connectivity index (χ1n) is 8.20. The van der Waals surface area contributed by atoms with Crippen LogP contribution in [-0.4, -0.2) is 25.6 Å². The molecular formula is C20H23NO4. The first-order valence-corrected chi connectivity index (χ1v) is 8.20. The zero-order valence-corrected chi connectivity index (χ0v) is 14.7. The van der Waals surface area contributed by atoms with Gasteiger partial charge in [0.2, 0.25) is 0 Å². The van der Waals surface area contributed by atoms with E-state index in [0.29, 0.717) is 17.9 Å². The van der Waals surface area contributed by atoms with Crippen LogP contribution in [0.5, 0.6) is 5.75 Å². The number of hydrogen-bond donors (Lipinski definition) is 1. The molecule has 0 bridgehead atoms. The molecule has 0 saturated heterocycles. The fourth-order valence-electron chi connectivity index (χ4n) is 2.42. The van der Waals surface area contributed by atoms with Crippen molar-refractivity contribution in [3.63, 3.8) is 0 Å². The molecule has 0 fully saturated rings. The van der Waals surface area contributed by atoms with Gasteiger partial charge in [-0.1, -0.05) is 29.8 Å². The Morgan fingerprint density at radius 2 is 1.68 bits per heavy atom. The largest absolute Gasteiger partial charge is 0.497 e. The molecule has 0 unspecified atom stereocenters. The maximum Gasteiger partial charge on any atom is 0.308 e. The molecule has 5 heteroatoms. The number of methoxy groups -OCH3 is 1. The van der Waals surface area contributed by atoms with Crippen molar-refractivity contribution in [1.82, 2.24) is 5.32 Å². The number of esters is 1. The van der Waals surface area contributed by atoms with Gasteiger partial charge in [-0.25, -0.2) is 0 Å². The highest BCUT2D eigenvalue weighted by Crippen LogP contribution is 2.21. The highest BCUT2D eigenvalue weighted by atomic mass is 16.5. The molecule has 1 N–H and O–H groups in total. The van der Waals surface area contributed by atoms with E-state index in [2.05, 4.69) is 5.32 Å². The van der Waals surface area contributed by atoms with Crippen LogP contribution in [0.2, 0.25) is 0 Å². The van der Waals surface area contributed by atoms with E-state index in [0.717, 1.165) is 11.1 Å². The Hall–Kier alpha value is -2.82. The number of aryl methyl sites for hydroxylation is 1. The molecule has 0 aromatic heterocycles. The Kier molecular flexibility index (Phi) is 6.57. The number of nitrogens with one attached hydrogen (secondary N) is 1. The van der Waals surface area contributed by atoms with Crippen LogP contribution in [0.4, 0.5) is 0 Å². The summed E-state index contributed by atoms with van der Waals surface area (Å²) in [5.41, 5.74) is 2.44. The highest BCUT2D eigenvalue weighted by Gasteiger charge is 2.20.